The molecule has 2 aromatic carbocycles. The summed E-state index contributed by atoms with van der Waals surface area (Å²) in [4.78, 5) is 0.180. The van der Waals surface area contributed by atoms with E-state index in [0.29, 0.717) is 6.42 Å². The predicted molar refractivity (Wildman–Crippen MR) is 103 cm³/mol. The lowest BCUT2D eigenvalue weighted by atomic mass is 10.2. The lowest BCUT2D eigenvalue weighted by molar-refractivity contribution is 0.536. The molecule has 0 saturated heterocycles. The SMILES string of the molecule is CCCCC(NS(=O)(=O)c1ccc(C)cc1)S(=O)(=O)c1ccc(C)cc1. The van der Waals surface area contributed by atoms with E-state index in [1.807, 2.05) is 20.8 Å². The van der Waals surface area contributed by atoms with E-state index in [9.17, 15) is 16.8 Å². The van der Waals surface area contributed by atoms with E-state index >= 15 is 0 Å². The summed E-state index contributed by atoms with van der Waals surface area (Å²) in [7, 11) is -7.76. The van der Waals surface area contributed by atoms with E-state index in [1.165, 1.54) is 24.3 Å². The third-order valence-corrected chi connectivity index (χ3v) is 7.83. The van der Waals surface area contributed by atoms with E-state index in [1.54, 1.807) is 24.3 Å². The molecular formula is C19H25NO4S2. The van der Waals surface area contributed by atoms with E-state index in [4.69, 9.17) is 0 Å². The highest BCUT2D eigenvalue weighted by molar-refractivity contribution is 7.94. The molecular weight excluding hydrogens is 370 g/mol. The molecule has 0 heterocycles. The Kier molecular flexibility index (Phi) is 6.60. The van der Waals surface area contributed by atoms with Crippen molar-refractivity contribution in [3.63, 3.8) is 0 Å². The van der Waals surface area contributed by atoms with Crippen molar-refractivity contribution in [3.05, 3.63) is 59.7 Å². The average Bonchev–Trinajstić information content (AvgIpc) is 2.59. The zero-order valence-electron chi connectivity index (χ0n) is 15.3. The first-order valence-electron chi connectivity index (χ1n) is 8.56. The Hall–Kier alpha value is -1.70. The molecule has 5 nitrogen and oxygen atoms in total. The van der Waals surface area contributed by atoms with Crippen LogP contribution in [0.1, 0.15) is 37.3 Å². The summed E-state index contributed by atoms with van der Waals surface area (Å²) in [6.07, 6.45) is 1.59. The highest BCUT2D eigenvalue weighted by Gasteiger charge is 2.31. The van der Waals surface area contributed by atoms with Gasteiger partial charge in [0, 0.05) is 0 Å². The molecule has 2 aromatic rings. The maximum absolute atomic E-state index is 13.0. The fraction of sp³-hybridized carbons (Fsp3) is 0.368. The summed E-state index contributed by atoms with van der Waals surface area (Å²) >= 11 is 0. The van der Waals surface area contributed by atoms with Gasteiger partial charge in [-0.15, -0.1) is 0 Å². The van der Waals surface area contributed by atoms with Gasteiger partial charge in [0.1, 0.15) is 5.37 Å². The molecule has 0 bridgehead atoms. The summed E-state index contributed by atoms with van der Waals surface area (Å²) < 4.78 is 53.7. The minimum absolute atomic E-state index is 0.0590. The van der Waals surface area contributed by atoms with Crippen LogP contribution in [0.3, 0.4) is 0 Å². The van der Waals surface area contributed by atoms with Gasteiger partial charge in [0.15, 0.2) is 9.84 Å². The van der Waals surface area contributed by atoms with Gasteiger partial charge >= 0.3 is 0 Å². The van der Waals surface area contributed by atoms with Gasteiger partial charge in [0.2, 0.25) is 10.0 Å². The van der Waals surface area contributed by atoms with Crippen molar-refractivity contribution in [2.45, 2.75) is 55.2 Å². The Balaban J connectivity index is 2.37. The lowest BCUT2D eigenvalue weighted by Gasteiger charge is -2.19. The summed E-state index contributed by atoms with van der Waals surface area (Å²) in [5, 5.41) is -1.20. The van der Waals surface area contributed by atoms with Gasteiger partial charge in [0.25, 0.3) is 0 Å². The highest BCUT2D eigenvalue weighted by atomic mass is 32.2. The van der Waals surface area contributed by atoms with Crippen LogP contribution in [0.2, 0.25) is 0 Å². The molecule has 1 atom stereocenters. The van der Waals surface area contributed by atoms with Gasteiger partial charge in [0.05, 0.1) is 9.79 Å². The number of sulfonamides is 1. The fourth-order valence-corrected chi connectivity index (χ4v) is 5.82. The number of hydrogen-bond donors (Lipinski definition) is 1. The maximum atomic E-state index is 13.0. The van der Waals surface area contributed by atoms with Gasteiger partial charge in [-0.05, 0) is 44.5 Å². The molecule has 0 aliphatic heterocycles. The van der Waals surface area contributed by atoms with Crippen molar-refractivity contribution in [3.8, 4) is 0 Å². The first kappa shape index (κ1) is 20.6. The Morgan fingerprint density at radius 1 is 0.808 bits per heavy atom. The molecule has 0 amide bonds. The Morgan fingerprint density at radius 3 is 1.73 bits per heavy atom. The van der Waals surface area contributed by atoms with Crippen molar-refractivity contribution < 1.29 is 16.8 Å². The normalized spacial score (nSPS) is 13.5. The number of benzene rings is 2. The van der Waals surface area contributed by atoms with E-state index in [2.05, 4.69) is 4.72 Å². The largest absolute Gasteiger partial charge is 0.241 e. The van der Waals surface area contributed by atoms with Crippen LogP contribution in [-0.2, 0) is 19.9 Å². The van der Waals surface area contributed by atoms with Crippen LogP contribution >= 0.6 is 0 Å². The molecule has 2 rings (SSSR count). The highest BCUT2D eigenvalue weighted by Crippen LogP contribution is 2.21. The molecule has 0 fully saturated rings. The molecule has 0 aromatic heterocycles. The number of unbranched alkanes of at least 4 members (excludes halogenated alkanes) is 1. The molecule has 0 saturated carbocycles. The fourth-order valence-electron chi connectivity index (χ4n) is 2.52. The zero-order chi connectivity index (χ0) is 19.4. The third-order valence-electron chi connectivity index (χ3n) is 4.16. The molecule has 1 N–H and O–H groups in total. The van der Waals surface area contributed by atoms with Gasteiger partial charge in [-0.3, -0.25) is 0 Å². The van der Waals surface area contributed by atoms with Gasteiger partial charge in [-0.2, -0.15) is 4.72 Å². The number of aryl methyl sites for hydroxylation is 2. The van der Waals surface area contributed by atoms with Crippen LogP contribution in [0.25, 0.3) is 0 Å². The van der Waals surface area contributed by atoms with Crippen LogP contribution in [-0.4, -0.2) is 22.2 Å². The number of sulfone groups is 1. The van der Waals surface area contributed by atoms with Crippen LogP contribution in [0, 0.1) is 13.8 Å². The summed E-state index contributed by atoms with van der Waals surface area (Å²) in [6, 6.07) is 12.8. The van der Waals surface area contributed by atoms with Crippen molar-refractivity contribution in [2.24, 2.45) is 0 Å². The maximum Gasteiger partial charge on any atom is 0.241 e. The van der Waals surface area contributed by atoms with Gasteiger partial charge in [-0.25, -0.2) is 16.8 Å². The monoisotopic (exact) mass is 395 g/mol. The first-order chi connectivity index (χ1) is 12.2. The van der Waals surface area contributed by atoms with Crippen molar-refractivity contribution >= 4 is 19.9 Å². The molecule has 142 valence electrons. The van der Waals surface area contributed by atoms with Crippen molar-refractivity contribution in [1.82, 2.24) is 4.72 Å². The Morgan fingerprint density at radius 2 is 1.27 bits per heavy atom. The second-order valence-corrected chi connectivity index (χ2v) is 10.3. The molecule has 7 heteroatoms. The molecule has 0 spiro atoms. The minimum Gasteiger partial charge on any atom is -0.222 e. The standard InChI is InChI=1S/C19H25NO4S2/c1-4-5-6-19(25(21,22)17-11-7-15(2)8-12-17)20-26(23,24)18-13-9-16(3)10-14-18/h7-14,19-20H,4-6H2,1-3H3. The molecule has 0 aliphatic carbocycles. The van der Waals surface area contributed by atoms with Crippen molar-refractivity contribution in [2.75, 3.05) is 0 Å². The molecule has 1 unspecified atom stereocenters. The lowest BCUT2D eigenvalue weighted by Crippen LogP contribution is -2.40. The number of nitrogens with one attached hydrogen (secondary N) is 1. The van der Waals surface area contributed by atoms with Gasteiger partial charge < -0.3 is 0 Å². The van der Waals surface area contributed by atoms with Gasteiger partial charge in [-0.1, -0.05) is 55.2 Å². The second-order valence-electron chi connectivity index (χ2n) is 6.42. The summed E-state index contributed by atoms with van der Waals surface area (Å²) in [6.45, 7) is 5.66. The minimum atomic E-state index is -3.94. The second kappa shape index (κ2) is 8.33. The van der Waals surface area contributed by atoms with Crippen LogP contribution in [0.5, 0.6) is 0 Å². The molecule has 0 aliphatic rings. The Labute approximate surface area is 156 Å². The smallest absolute Gasteiger partial charge is 0.222 e. The molecule has 26 heavy (non-hydrogen) atoms. The van der Waals surface area contributed by atoms with E-state index in [0.717, 1.165) is 17.5 Å². The number of rotatable bonds is 8. The summed E-state index contributed by atoms with van der Waals surface area (Å²) in [5.74, 6) is 0. The first-order valence-corrected chi connectivity index (χ1v) is 11.6. The van der Waals surface area contributed by atoms with Crippen LogP contribution in [0.15, 0.2) is 58.3 Å². The average molecular weight is 396 g/mol. The Bertz CT molecular complexity index is 932. The quantitative estimate of drug-likeness (QED) is 0.741. The number of hydrogen-bond acceptors (Lipinski definition) is 4. The van der Waals surface area contributed by atoms with E-state index in [-0.39, 0.29) is 16.2 Å². The third kappa shape index (κ3) is 4.93. The van der Waals surface area contributed by atoms with Crippen molar-refractivity contribution in [1.29, 1.82) is 0 Å². The predicted octanol–water partition coefficient (Wildman–Crippen LogP) is 3.57. The zero-order valence-corrected chi connectivity index (χ0v) is 16.9. The van der Waals surface area contributed by atoms with Crippen LogP contribution in [0.4, 0.5) is 0 Å². The topological polar surface area (TPSA) is 80.3 Å². The van der Waals surface area contributed by atoms with E-state index < -0.39 is 25.2 Å². The molecule has 0 radical (unpaired) electrons. The summed E-state index contributed by atoms with van der Waals surface area (Å²) in [5.41, 5.74) is 1.87. The van der Waals surface area contributed by atoms with Crippen LogP contribution < -0.4 is 4.72 Å².